The molecule has 0 radical (unpaired) electrons. The van der Waals surface area contributed by atoms with Crippen LogP contribution in [0, 0.1) is 5.92 Å². The molecule has 4 unspecified atom stereocenters. The highest BCUT2D eigenvalue weighted by atomic mass is 16.2. The van der Waals surface area contributed by atoms with Gasteiger partial charge in [0, 0.05) is 24.9 Å². The first-order valence-electron chi connectivity index (χ1n) is 15.8. The second-order valence-electron chi connectivity index (χ2n) is 11.4. The normalized spacial score (nSPS) is 15.0. The summed E-state index contributed by atoms with van der Waals surface area (Å²) < 4.78 is 0. The van der Waals surface area contributed by atoms with Crippen LogP contribution >= 0.6 is 0 Å². The Bertz CT molecular complexity index is 482. The summed E-state index contributed by atoms with van der Waals surface area (Å²) in [6.07, 6.45) is 19.6. The van der Waals surface area contributed by atoms with Gasteiger partial charge in [0.25, 0.3) is 0 Å². The van der Waals surface area contributed by atoms with E-state index in [0.717, 1.165) is 45.1 Å². The van der Waals surface area contributed by atoms with E-state index >= 15 is 0 Å². The van der Waals surface area contributed by atoms with Crippen molar-refractivity contribution in [3.63, 3.8) is 0 Å². The Labute approximate surface area is 226 Å². The van der Waals surface area contributed by atoms with Crippen LogP contribution in [0.1, 0.15) is 158 Å². The second kappa shape index (κ2) is 22.1. The molecule has 0 aromatic rings. The Morgan fingerprint density at radius 3 is 1.33 bits per heavy atom. The standard InChI is InChI=1S/C32H64N2O2/c1-9-27(5)32(33(8)12-4)30(35)25-23-21-19-17-15-13-14-16-18-20-22-24-26-31(36)34(28(6)10-2)29(7)11-3/h27-29,32H,9-26H2,1-8H3. The van der Waals surface area contributed by atoms with Crippen LogP contribution in [0.2, 0.25) is 0 Å². The maximum atomic E-state index is 12.7. The maximum Gasteiger partial charge on any atom is 0.223 e. The molecule has 0 aromatic carbocycles. The number of rotatable bonds is 24. The summed E-state index contributed by atoms with van der Waals surface area (Å²) in [5.41, 5.74) is 0. The van der Waals surface area contributed by atoms with Crippen LogP contribution in [-0.2, 0) is 9.59 Å². The quantitative estimate of drug-likeness (QED) is 0.122. The smallest absolute Gasteiger partial charge is 0.223 e. The number of ketones is 1. The number of hydrogen-bond donors (Lipinski definition) is 0. The Balaban J connectivity index is 3.75. The maximum absolute atomic E-state index is 12.7. The molecule has 0 N–H and O–H groups in total. The highest BCUT2D eigenvalue weighted by molar-refractivity contribution is 5.84. The van der Waals surface area contributed by atoms with Crippen LogP contribution in [0.15, 0.2) is 0 Å². The van der Waals surface area contributed by atoms with E-state index in [2.05, 4.69) is 65.3 Å². The van der Waals surface area contributed by atoms with Crippen molar-refractivity contribution < 1.29 is 9.59 Å². The van der Waals surface area contributed by atoms with Gasteiger partial charge in [0.15, 0.2) is 0 Å². The van der Waals surface area contributed by atoms with Gasteiger partial charge in [0.05, 0.1) is 6.04 Å². The number of nitrogens with zero attached hydrogens (tertiary/aromatic N) is 2. The zero-order valence-electron chi connectivity index (χ0n) is 25.7. The molecule has 0 saturated heterocycles. The molecule has 4 nitrogen and oxygen atoms in total. The van der Waals surface area contributed by atoms with Crippen molar-refractivity contribution in [3.05, 3.63) is 0 Å². The summed E-state index contributed by atoms with van der Waals surface area (Å²) in [5, 5.41) is 0. The van der Waals surface area contributed by atoms with Crippen molar-refractivity contribution in [2.45, 2.75) is 176 Å². The van der Waals surface area contributed by atoms with Crippen LogP contribution in [0.4, 0.5) is 0 Å². The number of hydrogen-bond acceptors (Lipinski definition) is 3. The van der Waals surface area contributed by atoms with Crippen molar-refractivity contribution in [2.24, 2.45) is 5.92 Å². The average Bonchev–Trinajstić information content (AvgIpc) is 2.88. The third kappa shape index (κ3) is 14.7. The van der Waals surface area contributed by atoms with Gasteiger partial charge in [-0.25, -0.2) is 0 Å². The Morgan fingerprint density at radius 1 is 0.583 bits per heavy atom. The van der Waals surface area contributed by atoms with Crippen molar-refractivity contribution in [1.82, 2.24) is 9.80 Å². The second-order valence-corrected chi connectivity index (χ2v) is 11.4. The number of carbonyl (C=O) groups is 2. The molecule has 1 amide bonds. The van der Waals surface area contributed by atoms with Crippen molar-refractivity contribution in [2.75, 3.05) is 13.6 Å². The number of likely N-dealkylation sites (N-methyl/N-ethyl adjacent to an activating group) is 1. The largest absolute Gasteiger partial charge is 0.337 e. The van der Waals surface area contributed by atoms with E-state index in [1.165, 1.54) is 64.2 Å². The molecule has 0 rings (SSSR count). The first kappa shape index (κ1) is 35.1. The van der Waals surface area contributed by atoms with E-state index in [1.54, 1.807) is 0 Å². The van der Waals surface area contributed by atoms with E-state index in [0.29, 0.717) is 36.1 Å². The van der Waals surface area contributed by atoms with Gasteiger partial charge in [0.1, 0.15) is 5.78 Å². The van der Waals surface area contributed by atoms with Crippen molar-refractivity contribution in [3.8, 4) is 0 Å². The summed E-state index contributed by atoms with van der Waals surface area (Å²) in [6.45, 7) is 16.2. The zero-order valence-corrected chi connectivity index (χ0v) is 25.7. The Hall–Kier alpha value is -0.900. The van der Waals surface area contributed by atoms with E-state index in [1.807, 2.05) is 0 Å². The van der Waals surface area contributed by atoms with Gasteiger partial charge < -0.3 is 4.90 Å². The number of Topliss-reactive ketones (excluding diaryl/α,β-unsaturated/α-hetero) is 1. The third-order valence-electron chi connectivity index (χ3n) is 8.47. The van der Waals surface area contributed by atoms with E-state index in [9.17, 15) is 9.59 Å². The van der Waals surface area contributed by atoms with Crippen LogP contribution in [-0.4, -0.2) is 53.2 Å². The average molecular weight is 509 g/mol. The minimum absolute atomic E-state index is 0.102. The summed E-state index contributed by atoms with van der Waals surface area (Å²) in [7, 11) is 2.09. The fourth-order valence-corrected chi connectivity index (χ4v) is 5.36. The van der Waals surface area contributed by atoms with Gasteiger partial charge in [-0.15, -0.1) is 0 Å². The lowest BCUT2D eigenvalue weighted by atomic mass is 9.91. The molecule has 0 aliphatic carbocycles. The lowest BCUT2D eigenvalue weighted by molar-refractivity contribution is -0.135. The minimum atomic E-state index is 0.102. The number of unbranched alkanes of at least 4 members (excludes halogenated alkanes) is 11. The molecule has 0 aromatic heterocycles. The number of amides is 1. The molecular weight excluding hydrogens is 444 g/mol. The molecule has 0 heterocycles. The molecule has 0 fully saturated rings. The molecule has 0 aliphatic heterocycles. The predicted octanol–water partition coefficient (Wildman–Crippen LogP) is 8.81. The van der Waals surface area contributed by atoms with Gasteiger partial charge in [-0.3, -0.25) is 14.5 Å². The molecule has 0 bridgehead atoms. The molecular formula is C32H64N2O2. The fraction of sp³-hybridized carbons (Fsp3) is 0.938. The molecule has 0 saturated carbocycles. The molecule has 214 valence electrons. The fourth-order valence-electron chi connectivity index (χ4n) is 5.36. The Morgan fingerprint density at radius 2 is 0.972 bits per heavy atom. The SMILES string of the molecule is CCC(C)C(C(=O)CCCCCCCCCCCCCCC(=O)N(C(C)CC)C(C)CC)N(C)CC. The lowest BCUT2D eigenvalue weighted by Gasteiger charge is -2.34. The zero-order chi connectivity index (χ0) is 27.3. The van der Waals surface area contributed by atoms with Gasteiger partial charge in [-0.1, -0.05) is 105 Å². The van der Waals surface area contributed by atoms with Crippen LogP contribution in [0.5, 0.6) is 0 Å². The highest BCUT2D eigenvalue weighted by Crippen LogP contribution is 2.19. The van der Waals surface area contributed by atoms with E-state index < -0.39 is 0 Å². The molecule has 0 aliphatic rings. The highest BCUT2D eigenvalue weighted by Gasteiger charge is 2.26. The Kier molecular flexibility index (Phi) is 21.6. The third-order valence-corrected chi connectivity index (χ3v) is 8.47. The molecule has 0 spiro atoms. The minimum Gasteiger partial charge on any atom is -0.337 e. The lowest BCUT2D eigenvalue weighted by Crippen LogP contribution is -2.44. The monoisotopic (exact) mass is 508 g/mol. The first-order chi connectivity index (χ1) is 17.2. The van der Waals surface area contributed by atoms with Crippen LogP contribution in [0.3, 0.4) is 0 Å². The molecule has 4 heteroatoms. The van der Waals surface area contributed by atoms with Gasteiger partial charge in [-0.2, -0.15) is 0 Å². The summed E-state index contributed by atoms with van der Waals surface area (Å²) in [4.78, 5) is 29.8. The first-order valence-corrected chi connectivity index (χ1v) is 15.8. The topological polar surface area (TPSA) is 40.6 Å². The van der Waals surface area contributed by atoms with Crippen LogP contribution < -0.4 is 0 Å². The van der Waals surface area contributed by atoms with E-state index in [4.69, 9.17) is 0 Å². The molecule has 4 atom stereocenters. The van der Waals surface area contributed by atoms with E-state index in [-0.39, 0.29) is 6.04 Å². The van der Waals surface area contributed by atoms with Gasteiger partial charge in [0.2, 0.25) is 5.91 Å². The summed E-state index contributed by atoms with van der Waals surface area (Å²) in [6, 6.07) is 0.805. The van der Waals surface area contributed by atoms with Crippen LogP contribution in [0.25, 0.3) is 0 Å². The number of carbonyl (C=O) groups excluding carboxylic acids is 2. The van der Waals surface area contributed by atoms with Crippen molar-refractivity contribution >= 4 is 11.7 Å². The molecule has 36 heavy (non-hydrogen) atoms. The van der Waals surface area contributed by atoms with Gasteiger partial charge in [-0.05, 0) is 59.0 Å². The summed E-state index contributed by atoms with van der Waals surface area (Å²) in [5.74, 6) is 1.24. The van der Waals surface area contributed by atoms with Crippen molar-refractivity contribution in [1.29, 1.82) is 0 Å². The predicted molar refractivity (Wildman–Crippen MR) is 158 cm³/mol. The van der Waals surface area contributed by atoms with Gasteiger partial charge >= 0.3 is 0 Å². The summed E-state index contributed by atoms with van der Waals surface area (Å²) >= 11 is 0.